The number of carboxylic acids is 1. The zero-order valence-corrected chi connectivity index (χ0v) is 20.6. The van der Waals surface area contributed by atoms with Gasteiger partial charge in [0.15, 0.2) is 6.29 Å². The van der Waals surface area contributed by atoms with Crippen LogP contribution in [0.5, 0.6) is 5.75 Å². The fourth-order valence-electron chi connectivity index (χ4n) is 4.20. The largest absolute Gasteiger partial charge is 0.478 e. The number of aromatic nitrogens is 2. The number of rotatable bonds is 10. The summed E-state index contributed by atoms with van der Waals surface area (Å²) in [7, 11) is 1.92. The molecule has 35 heavy (non-hydrogen) atoms. The lowest BCUT2D eigenvalue weighted by molar-refractivity contribution is -0.132. The zero-order chi connectivity index (χ0) is 24.8. The summed E-state index contributed by atoms with van der Waals surface area (Å²) in [5, 5.41) is 14.0. The van der Waals surface area contributed by atoms with Gasteiger partial charge in [0.2, 0.25) is 0 Å². The van der Waals surface area contributed by atoms with Gasteiger partial charge in [-0.25, -0.2) is 4.79 Å². The summed E-state index contributed by atoms with van der Waals surface area (Å²) in [6.45, 7) is 6.01. The molecule has 3 aromatic rings. The van der Waals surface area contributed by atoms with Crippen LogP contribution in [-0.2, 0) is 23.1 Å². The van der Waals surface area contributed by atoms with Crippen molar-refractivity contribution in [2.24, 2.45) is 7.05 Å². The van der Waals surface area contributed by atoms with Gasteiger partial charge in [-0.15, -0.1) is 0 Å². The topological polar surface area (TPSA) is 76.8 Å². The fourth-order valence-corrected chi connectivity index (χ4v) is 4.20. The number of hydrogen-bond acceptors (Lipinski definition) is 5. The molecule has 0 saturated carbocycles. The van der Waals surface area contributed by atoms with Crippen LogP contribution in [0.25, 0.3) is 17.2 Å². The Labute approximate surface area is 206 Å². The number of hydrogen-bond donors (Lipinski definition) is 1. The van der Waals surface area contributed by atoms with Gasteiger partial charge in [-0.3, -0.25) is 4.68 Å². The Morgan fingerprint density at radius 1 is 1.14 bits per heavy atom. The third kappa shape index (κ3) is 6.11. The van der Waals surface area contributed by atoms with Gasteiger partial charge in [0, 0.05) is 31.0 Å². The molecule has 0 spiro atoms. The highest BCUT2D eigenvalue weighted by Gasteiger charge is 2.20. The van der Waals surface area contributed by atoms with Crippen molar-refractivity contribution in [1.29, 1.82) is 0 Å². The van der Waals surface area contributed by atoms with E-state index in [1.165, 1.54) is 0 Å². The highest BCUT2D eigenvalue weighted by molar-refractivity contribution is 5.94. The molecular weight excluding hydrogens is 442 g/mol. The minimum absolute atomic E-state index is 0.301. The summed E-state index contributed by atoms with van der Waals surface area (Å²) >= 11 is 0. The van der Waals surface area contributed by atoms with Crippen LogP contribution < -0.4 is 9.64 Å². The first-order chi connectivity index (χ1) is 16.9. The third-order valence-electron chi connectivity index (χ3n) is 6.24. The number of aliphatic carboxylic acids is 1. The minimum Gasteiger partial charge on any atom is -0.478 e. The van der Waals surface area contributed by atoms with Gasteiger partial charge >= 0.3 is 5.97 Å². The third-order valence-corrected chi connectivity index (χ3v) is 6.24. The second-order valence-corrected chi connectivity index (χ2v) is 8.80. The molecule has 1 aliphatic heterocycles. The predicted molar refractivity (Wildman–Crippen MR) is 137 cm³/mol. The molecule has 1 atom stereocenters. The van der Waals surface area contributed by atoms with E-state index in [-0.39, 0.29) is 6.29 Å². The lowest BCUT2D eigenvalue weighted by atomic mass is 10.00. The first kappa shape index (κ1) is 24.5. The number of carboxylic acid groups (broad SMARTS) is 1. The number of ether oxygens (including phenoxy) is 2. The summed E-state index contributed by atoms with van der Waals surface area (Å²) in [6.07, 6.45) is 5.86. The molecular formula is C28H33N3O4. The van der Waals surface area contributed by atoms with E-state index >= 15 is 0 Å². The van der Waals surface area contributed by atoms with E-state index in [1.807, 2.05) is 49.0 Å². The Bertz CT molecular complexity index is 1180. The molecule has 0 fully saturated rings. The fraction of sp³-hybridized carbons (Fsp3) is 0.357. The molecule has 1 aliphatic rings. The van der Waals surface area contributed by atoms with E-state index in [4.69, 9.17) is 9.47 Å². The molecule has 1 aromatic heterocycles. The zero-order valence-electron chi connectivity index (χ0n) is 20.6. The molecule has 0 bridgehead atoms. The van der Waals surface area contributed by atoms with E-state index in [9.17, 15) is 9.90 Å². The lowest BCUT2D eigenvalue weighted by Crippen LogP contribution is -2.25. The first-order valence-electron chi connectivity index (χ1n) is 12.1. The maximum atomic E-state index is 11.8. The number of unbranched alkanes of at least 4 members (excludes halogenated alkanes) is 1. The normalized spacial score (nSPS) is 14.1. The summed E-state index contributed by atoms with van der Waals surface area (Å²) in [6, 6.07) is 16.1. The average molecular weight is 476 g/mol. The van der Waals surface area contributed by atoms with E-state index in [0.717, 1.165) is 46.7 Å². The average Bonchev–Trinajstić information content (AvgIpc) is 3.15. The Hall–Kier alpha value is -3.58. The molecule has 1 unspecified atom stereocenters. The first-order valence-corrected chi connectivity index (χ1v) is 12.1. The van der Waals surface area contributed by atoms with Crippen LogP contribution in [-0.4, -0.2) is 40.3 Å². The number of fused-ring (bicyclic) bond motifs is 1. The van der Waals surface area contributed by atoms with E-state index in [1.54, 1.807) is 12.3 Å². The minimum atomic E-state index is -0.875. The van der Waals surface area contributed by atoms with Gasteiger partial charge in [-0.05, 0) is 72.9 Å². The van der Waals surface area contributed by atoms with Crippen molar-refractivity contribution in [3.8, 4) is 16.9 Å². The Morgan fingerprint density at radius 2 is 1.91 bits per heavy atom. The monoisotopic (exact) mass is 475 g/mol. The quantitative estimate of drug-likeness (QED) is 0.308. The maximum absolute atomic E-state index is 11.8. The highest BCUT2D eigenvalue weighted by atomic mass is 16.7. The van der Waals surface area contributed by atoms with Gasteiger partial charge in [0.05, 0.1) is 18.8 Å². The highest BCUT2D eigenvalue weighted by Crippen LogP contribution is 2.34. The summed E-state index contributed by atoms with van der Waals surface area (Å²) in [5.41, 5.74) is 5.46. The van der Waals surface area contributed by atoms with Crippen LogP contribution in [0.4, 0.5) is 5.69 Å². The molecule has 1 N–H and O–H groups in total. The molecule has 2 heterocycles. The number of benzene rings is 2. The van der Waals surface area contributed by atoms with E-state index in [2.05, 4.69) is 35.1 Å². The summed E-state index contributed by atoms with van der Waals surface area (Å²) in [4.78, 5) is 14.1. The smallest absolute Gasteiger partial charge is 0.331 e. The van der Waals surface area contributed by atoms with Crippen LogP contribution in [0.2, 0.25) is 0 Å². The molecule has 2 aromatic carbocycles. The van der Waals surface area contributed by atoms with E-state index in [0.29, 0.717) is 31.7 Å². The van der Waals surface area contributed by atoms with Crippen molar-refractivity contribution < 1.29 is 19.4 Å². The van der Waals surface area contributed by atoms with Crippen molar-refractivity contribution in [3.63, 3.8) is 0 Å². The van der Waals surface area contributed by atoms with Crippen LogP contribution in [0.3, 0.4) is 0 Å². The predicted octanol–water partition coefficient (Wildman–Crippen LogP) is 5.51. The van der Waals surface area contributed by atoms with Crippen molar-refractivity contribution in [1.82, 2.24) is 9.78 Å². The summed E-state index contributed by atoms with van der Waals surface area (Å²) < 4.78 is 13.4. The molecule has 7 nitrogen and oxygen atoms in total. The van der Waals surface area contributed by atoms with Gasteiger partial charge in [-0.1, -0.05) is 31.5 Å². The van der Waals surface area contributed by atoms with E-state index < -0.39 is 5.97 Å². The van der Waals surface area contributed by atoms with Gasteiger partial charge in [0.25, 0.3) is 0 Å². The van der Waals surface area contributed by atoms with Gasteiger partial charge < -0.3 is 19.5 Å². The molecule has 4 rings (SSSR count). The van der Waals surface area contributed by atoms with Crippen LogP contribution in [0.1, 0.15) is 44.4 Å². The van der Waals surface area contributed by atoms with Crippen LogP contribution in [0.15, 0.2) is 60.3 Å². The van der Waals surface area contributed by atoms with Crippen LogP contribution >= 0.6 is 0 Å². The SMILES string of the molecule is CCCCOC(C)Oc1ccc(-c2ccc3c(c2)C=C(C(=O)O)CCN3Cc2ccnn2C)cc1. The Morgan fingerprint density at radius 3 is 2.60 bits per heavy atom. The molecule has 0 saturated heterocycles. The maximum Gasteiger partial charge on any atom is 0.331 e. The number of anilines is 1. The lowest BCUT2D eigenvalue weighted by Gasteiger charge is -2.25. The number of nitrogens with zero attached hydrogens (tertiary/aromatic N) is 3. The van der Waals surface area contributed by atoms with Crippen molar-refractivity contribution in [2.75, 3.05) is 18.1 Å². The molecule has 184 valence electrons. The Balaban J connectivity index is 1.57. The Kier molecular flexibility index (Phi) is 7.87. The van der Waals surface area contributed by atoms with Gasteiger partial charge in [0.1, 0.15) is 5.75 Å². The summed E-state index contributed by atoms with van der Waals surface area (Å²) in [5.74, 6) is -0.122. The molecule has 7 heteroatoms. The standard InChI is InChI=1S/C28H33N3O4/c1-4-5-16-34-20(2)35-26-9-6-21(7-10-26)22-8-11-27-24(17-22)18-23(28(32)33)13-15-31(27)19-25-12-14-29-30(25)3/h6-12,14,17-18,20H,4-5,13,15-16,19H2,1-3H3,(H,32,33). The molecule has 0 radical (unpaired) electrons. The molecule has 0 aliphatic carbocycles. The number of aryl methyl sites for hydroxylation is 1. The number of carbonyl (C=O) groups is 1. The van der Waals surface area contributed by atoms with Crippen molar-refractivity contribution in [3.05, 3.63) is 71.6 Å². The molecule has 0 amide bonds. The second-order valence-electron chi connectivity index (χ2n) is 8.80. The van der Waals surface area contributed by atoms with Crippen molar-refractivity contribution in [2.45, 2.75) is 45.9 Å². The van der Waals surface area contributed by atoms with Crippen LogP contribution in [0, 0.1) is 0 Å². The second kappa shape index (κ2) is 11.2. The van der Waals surface area contributed by atoms with Crippen molar-refractivity contribution >= 4 is 17.7 Å². The van der Waals surface area contributed by atoms with Gasteiger partial charge in [-0.2, -0.15) is 5.10 Å².